The number of thiocarbonyl (C=S) groups is 1. The highest BCUT2D eigenvalue weighted by atomic mass is 32.1. The Morgan fingerprint density at radius 3 is 1.91 bits per heavy atom. The number of nitriles is 1. The van der Waals surface area contributed by atoms with Crippen molar-refractivity contribution >= 4 is 17.2 Å². The largest absolute Gasteiger partial charge is 0.381 e. The van der Waals surface area contributed by atoms with Gasteiger partial charge >= 0.3 is 0 Å². The van der Waals surface area contributed by atoms with Gasteiger partial charge < -0.3 is 5.32 Å². The average Bonchev–Trinajstić information content (AvgIpc) is 2.06. The molecule has 1 N–H and O–H groups in total. The lowest BCUT2D eigenvalue weighted by Crippen LogP contribution is -2.31. The van der Waals surface area contributed by atoms with E-state index in [2.05, 4.69) is 11.4 Å². The fourth-order valence-corrected chi connectivity index (χ4v) is 0.409. The van der Waals surface area contributed by atoms with E-state index in [0.29, 0.717) is 4.99 Å². The maximum atomic E-state index is 8.52. The zero-order chi connectivity index (χ0) is 9.49. The van der Waals surface area contributed by atoms with Gasteiger partial charge in [-0.15, -0.1) is 0 Å². The smallest absolute Gasteiger partial charge is 0.102 e. The van der Waals surface area contributed by atoms with E-state index >= 15 is 0 Å². The molecule has 0 unspecified atom stereocenters. The van der Waals surface area contributed by atoms with Crippen LogP contribution in [0, 0.1) is 16.7 Å². The molecule has 0 aromatic rings. The second-order valence-electron chi connectivity index (χ2n) is 2.32. The number of rotatable bonds is 1. The summed E-state index contributed by atoms with van der Waals surface area (Å²) in [6.07, 6.45) is 0. The second kappa shape index (κ2) is 6.11. The van der Waals surface area contributed by atoms with Crippen molar-refractivity contribution in [3.63, 3.8) is 0 Å². The molecule has 0 saturated heterocycles. The Bertz CT molecular complexity index is 156. The highest BCUT2D eigenvalue weighted by molar-refractivity contribution is 7.80. The molecule has 0 aromatic heterocycles. The van der Waals surface area contributed by atoms with E-state index < -0.39 is 5.41 Å². The highest BCUT2D eigenvalue weighted by Gasteiger charge is 2.21. The summed E-state index contributed by atoms with van der Waals surface area (Å²) in [5, 5.41) is 11.3. The standard InChI is InChI=1S/C6H10N2S.C2H6/c1-6(2,4-7)5(9)8-3;1-2/h1-3H3,(H,8,9);1-2H3. The zero-order valence-electron chi connectivity index (χ0n) is 7.86. The van der Waals surface area contributed by atoms with Crippen LogP contribution in [0.3, 0.4) is 0 Å². The predicted molar refractivity (Wildman–Crippen MR) is 52.4 cm³/mol. The molecular formula is C8H16N2S. The molecule has 0 amide bonds. The molecule has 0 aliphatic heterocycles. The Hall–Kier alpha value is -0.620. The van der Waals surface area contributed by atoms with Gasteiger partial charge in [-0.2, -0.15) is 5.26 Å². The Balaban J connectivity index is 0. The number of nitrogens with one attached hydrogen (secondary N) is 1. The number of hydrogen-bond acceptors (Lipinski definition) is 2. The van der Waals surface area contributed by atoms with Crippen molar-refractivity contribution in [1.29, 1.82) is 5.26 Å². The summed E-state index contributed by atoms with van der Waals surface area (Å²) < 4.78 is 0. The highest BCUT2D eigenvalue weighted by Crippen LogP contribution is 2.13. The first-order valence-electron chi connectivity index (χ1n) is 3.68. The molecule has 3 heteroatoms. The fraction of sp³-hybridized carbons (Fsp3) is 0.750. The first kappa shape index (κ1) is 13.0. The maximum Gasteiger partial charge on any atom is 0.102 e. The minimum Gasteiger partial charge on any atom is -0.381 e. The van der Waals surface area contributed by atoms with Crippen LogP contribution in [0.2, 0.25) is 0 Å². The van der Waals surface area contributed by atoms with Crippen LogP contribution in [0.15, 0.2) is 0 Å². The molecular weight excluding hydrogens is 156 g/mol. The van der Waals surface area contributed by atoms with E-state index in [-0.39, 0.29) is 0 Å². The van der Waals surface area contributed by atoms with Crippen molar-refractivity contribution in [2.45, 2.75) is 27.7 Å². The van der Waals surface area contributed by atoms with Crippen LogP contribution in [-0.4, -0.2) is 12.0 Å². The first-order valence-corrected chi connectivity index (χ1v) is 4.09. The normalized spacial score (nSPS) is 8.73. The Morgan fingerprint density at radius 2 is 1.82 bits per heavy atom. The monoisotopic (exact) mass is 172 g/mol. The van der Waals surface area contributed by atoms with E-state index in [0.717, 1.165) is 0 Å². The molecule has 0 spiro atoms. The molecule has 0 heterocycles. The van der Waals surface area contributed by atoms with Gasteiger partial charge in [0.15, 0.2) is 0 Å². The molecule has 11 heavy (non-hydrogen) atoms. The van der Waals surface area contributed by atoms with E-state index in [1.54, 1.807) is 20.9 Å². The fourth-order valence-electron chi connectivity index (χ4n) is 0.363. The molecule has 0 aromatic carbocycles. The van der Waals surface area contributed by atoms with Crippen LogP contribution in [-0.2, 0) is 0 Å². The van der Waals surface area contributed by atoms with Gasteiger partial charge in [0.1, 0.15) is 5.41 Å². The van der Waals surface area contributed by atoms with Crippen LogP contribution < -0.4 is 5.32 Å². The molecule has 0 bridgehead atoms. The van der Waals surface area contributed by atoms with Gasteiger partial charge in [0.25, 0.3) is 0 Å². The molecule has 64 valence electrons. The lowest BCUT2D eigenvalue weighted by atomic mass is 9.96. The minimum absolute atomic E-state index is 0.524. The van der Waals surface area contributed by atoms with E-state index in [1.165, 1.54) is 0 Å². The molecule has 0 fully saturated rings. The van der Waals surface area contributed by atoms with Crippen LogP contribution in [0.25, 0.3) is 0 Å². The first-order chi connectivity index (χ1) is 5.04. The summed E-state index contributed by atoms with van der Waals surface area (Å²) in [6.45, 7) is 7.57. The average molecular weight is 172 g/mol. The predicted octanol–water partition coefficient (Wildman–Crippen LogP) is 2.11. The second-order valence-corrected chi connectivity index (χ2v) is 2.72. The van der Waals surface area contributed by atoms with Crippen molar-refractivity contribution in [2.75, 3.05) is 7.05 Å². The third-order valence-corrected chi connectivity index (χ3v) is 1.79. The van der Waals surface area contributed by atoms with E-state index in [1.807, 2.05) is 13.8 Å². The Labute approximate surface area is 74.6 Å². The van der Waals surface area contributed by atoms with Gasteiger partial charge in [-0.1, -0.05) is 26.1 Å². The topological polar surface area (TPSA) is 35.8 Å². The molecule has 0 radical (unpaired) electrons. The lowest BCUT2D eigenvalue weighted by Gasteiger charge is -2.15. The maximum absolute atomic E-state index is 8.52. The zero-order valence-corrected chi connectivity index (χ0v) is 8.67. The van der Waals surface area contributed by atoms with Gasteiger partial charge in [0.2, 0.25) is 0 Å². The van der Waals surface area contributed by atoms with Crippen molar-refractivity contribution in [3.8, 4) is 6.07 Å². The quantitative estimate of drug-likeness (QED) is 0.615. The van der Waals surface area contributed by atoms with Gasteiger partial charge in [-0.25, -0.2) is 0 Å². The lowest BCUT2D eigenvalue weighted by molar-refractivity contribution is 0.683. The number of hydrogen-bond donors (Lipinski definition) is 1. The third kappa shape index (κ3) is 4.74. The molecule has 0 aliphatic carbocycles. The minimum atomic E-state index is -0.524. The summed E-state index contributed by atoms with van der Waals surface area (Å²) in [4.78, 5) is 0.588. The SMILES string of the molecule is CC.CNC(=S)C(C)(C)C#N. The van der Waals surface area contributed by atoms with Crippen LogP contribution in [0.1, 0.15) is 27.7 Å². The van der Waals surface area contributed by atoms with Gasteiger partial charge in [0, 0.05) is 7.05 Å². The molecule has 0 aliphatic rings. The van der Waals surface area contributed by atoms with Gasteiger partial charge in [0.05, 0.1) is 11.1 Å². The van der Waals surface area contributed by atoms with Crippen LogP contribution in [0.5, 0.6) is 0 Å². The van der Waals surface area contributed by atoms with Crippen molar-refractivity contribution in [1.82, 2.24) is 5.32 Å². The van der Waals surface area contributed by atoms with Gasteiger partial charge in [-0.05, 0) is 13.8 Å². The van der Waals surface area contributed by atoms with Crippen LogP contribution >= 0.6 is 12.2 Å². The Morgan fingerprint density at radius 1 is 1.45 bits per heavy atom. The summed E-state index contributed by atoms with van der Waals surface area (Å²) in [6, 6.07) is 2.09. The van der Waals surface area contributed by atoms with Gasteiger partial charge in [-0.3, -0.25) is 0 Å². The summed E-state index contributed by atoms with van der Waals surface area (Å²) in [5.74, 6) is 0. The van der Waals surface area contributed by atoms with E-state index in [4.69, 9.17) is 17.5 Å². The molecule has 2 nitrogen and oxygen atoms in total. The molecule has 0 rings (SSSR count). The summed E-state index contributed by atoms with van der Waals surface area (Å²) in [7, 11) is 1.72. The van der Waals surface area contributed by atoms with Crippen molar-refractivity contribution < 1.29 is 0 Å². The van der Waals surface area contributed by atoms with E-state index in [9.17, 15) is 0 Å². The summed E-state index contributed by atoms with van der Waals surface area (Å²) in [5.41, 5.74) is -0.524. The van der Waals surface area contributed by atoms with Crippen molar-refractivity contribution in [3.05, 3.63) is 0 Å². The van der Waals surface area contributed by atoms with Crippen LogP contribution in [0.4, 0.5) is 0 Å². The van der Waals surface area contributed by atoms with Crippen molar-refractivity contribution in [2.24, 2.45) is 5.41 Å². The molecule has 0 saturated carbocycles. The third-order valence-electron chi connectivity index (χ3n) is 1.07. The summed E-state index contributed by atoms with van der Waals surface area (Å²) >= 11 is 4.86. The molecule has 0 atom stereocenters. The Kier molecular flexibility index (Phi) is 7.23. The number of nitrogens with zero attached hydrogens (tertiary/aromatic N) is 1.